The summed E-state index contributed by atoms with van der Waals surface area (Å²) in [5.74, 6) is 3.86. The number of allylic oxidation sites excluding steroid dienone is 1. The van der Waals surface area contributed by atoms with Gasteiger partial charge in [-0.3, -0.25) is 0 Å². The van der Waals surface area contributed by atoms with Crippen LogP contribution in [0.3, 0.4) is 0 Å². The van der Waals surface area contributed by atoms with Gasteiger partial charge in [-0.25, -0.2) is 0 Å². The van der Waals surface area contributed by atoms with Crippen LogP contribution in [0.5, 0.6) is 5.75 Å². The molecular formula is C22H28O4Se. The van der Waals surface area contributed by atoms with Crippen LogP contribution in [0.4, 0.5) is 0 Å². The van der Waals surface area contributed by atoms with Crippen molar-refractivity contribution in [2.75, 3.05) is 13.9 Å². The molecule has 0 amide bonds. The molecule has 27 heavy (non-hydrogen) atoms. The molecule has 0 saturated carbocycles. The standard InChI is InChI=1S/C22H28O4Se/c1-14(9-20(23)24)7-8-27-17-10-18-21(19(11-17)26-13-25-6)16(3)15(2)12-22(18,4)5/h9-11,15-16H,12-13H2,1-6H3,(H,23,24). The van der Waals surface area contributed by atoms with Gasteiger partial charge in [-0.1, -0.05) is 0 Å². The van der Waals surface area contributed by atoms with Crippen LogP contribution in [-0.2, 0) is 14.9 Å². The summed E-state index contributed by atoms with van der Waals surface area (Å²) < 4.78 is 12.2. The molecule has 1 aliphatic carbocycles. The van der Waals surface area contributed by atoms with Crippen LogP contribution in [0.15, 0.2) is 23.8 Å². The number of hydrogen-bond acceptors (Lipinski definition) is 3. The monoisotopic (exact) mass is 436 g/mol. The van der Waals surface area contributed by atoms with E-state index in [0.29, 0.717) is 17.4 Å². The number of benzene rings is 1. The molecule has 146 valence electrons. The summed E-state index contributed by atoms with van der Waals surface area (Å²) in [4.78, 5) is 13.8. The number of ether oxygens (including phenoxy) is 2. The Balaban J connectivity index is 2.44. The summed E-state index contributed by atoms with van der Waals surface area (Å²) in [7, 11) is 1.62. The molecule has 1 aromatic carbocycles. The zero-order valence-electron chi connectivity index (χ0n) is 16.9. The molecule has 4 nitrogen and oxygen atoms in total. The molecule has 0 bridgehead atoms. The normalized spacial score (nSPS) is 21.0. The molecule has 0 aliphatic heterocycles. The molecule has 1 aromatic rings. The molecule has 0 fully saturated rings. The van der Waals surface area contributed by atoms with Gasteiger partial charge in [-0.15, -0.1) is 0 Å². The maximum atomic E-state index is 10.7. The van der Waals surface area contributed by atoms with E-state index < -0.39 is 5.97 Å². The van der Waals surface area contributed by atoms with E-state index in [0.717, 1.165) is 22.7 Å². The first-order valence-electron chi connectivity index (χ1n) is 9.05. The second-order valence-corrected chi connectivity index (χ2v) is 9.63. The minimum absolute atomic E-state index is 0.0745. The maximum absolute atomic E-state index is 10.7. The average Bonchev–Trinajstić information content (AvgIpc) is 2.56. The molecule has 2 rings (SSSR count). The fourth-order valence-electron chi connectivity index (χ4n) is 3.69. The van der Waals surface area contributed by atoms with Crippen LogP contribution in [0.25, 0.3) is 0 Å². The van der Waals surface area contributed by atoms with Crippen molar-refractivity contribution in [3.8, 4) is 16.5 Å². The Bertz CT molecular complexity index is 799. The van der Waals surface area contributed by atoms with Gasteiger partial charge in [0.2, 0.25) is 0 Å². The molecular weight excluding hydrogens is 407 g/mol. The summed E-state index contributed by atoms with van der Waals surface area (Å²) in [6.07, 6.45) is 2.27. The summed E-state index contributed by atoms with van der Waals surface area (Å²) in [6.45, 7) is 11.1. The van der Waals surface area contributed by atoms with E-state index in [-0.39, 0.29) is 27.2 Å². The van der Waals surface area contributed by atoms with Gasteiger partial charge < -0.3 is 0 Å². The number of aliphatic carboxylic acids is 1. The second-order valence-electron chi connectivity index (χ2n) is 7.78. The molecule has 0 heterocycles. The van der Waals surface area contributed by atoms with Crippen LogP contribution in [-0.4, -0.2) is 39.9 Å². The SMILES string of the molecule is COCOc1cc([Se]C#CC(C)=CC(=O)O)cc2c1C(C)C(C)CC2(C)C. The topological polar surface area (TPSA) is 55.8 Å². The van der Waals surface area contributed by atoms with E-state index in [2.05, 4.69) is 50.6 Å². The molecule has 1 N–H and O–H groups in total. The fourth-order valence-corrected chi connectivity index (χ4v) is 5.11. The first-order chi connectivity index (χ1) is 12.7. The Hall–Kier alpha value is -1.73. The fraction of sp³-hybridized carbons (Fsp3) is 0.500. The van der Waals surface area contributed by atoms with Gasteiger partial charge in [0, 0.05) is 0 Å². The summed E-state index contributed by atoms with van der Waals surface area (Å²) in [5, 5.41) is 8.79. The first kappa shape index (κ1) is 21.6. The Morgan fingerprint density at radius 1 is 1.41 bits per heavy atom. The van der Waals surface area contributed by atoms with Crippen molar-refractivity contribution in [3.05, 3.63) is 34.9 Å². The number of carboxylic acids is 1. The van der Waals surface area contributed by atoms with Crippen LogP contribution < -0.4 is 9.20 Å². The molecule has 0 radical (unpaired) electrons. The number of carboxylic acid groups (broad SMARTS) is 1. The van der Waals surface area contributed by atoms with Crippen molar-refractivity contribution in [3.63, 3.8) is 0 Å². The Kier molecular flexibility index (Phi) is 7.17. The van der Waals surface area contributed by atoms with Crippen molar-refractivity contribution < 1.29 is 19.4 Å². The molecule has 0 saturated heterocycles. The summed E-state index contributed by atoms with van der Waals surface area (Å²) in [6, 6.07) is 4.34. The van der Waals surface area contributed by atoms with E-state index in [9.17, 15) is 4.79 Å². The van der Waals surface area contributed by atoms with E-state index in [1.165, 1.54) is 11.1 Å². The second kappa shape index (κ2) is 8.97. The van der Waals surface area contributed by atoms with E-state index in [4.69, 9.17) is 14.6 Å². The van der Waals surface area contributed by atoms with Crippen LogP contribution in [0.2, 0.25) is 0 Å². The number of carbonyl (C=O) groups is 1. The van der Waals surface area contributed by atoms with Crippen LogP contribution in [0, 0.1) is 16.7 Å². The number of methoxy groups -OCH3 is 1. The Morgan fingerprint density at radius 2 is 2.11 bits per heavy atom. The van der Waals surface area contributed by atoms with Gasteiger partial charge in [0.1, 0.15) is 0 Å². The van der Waals surface area contributed by atoms with Crippen molar-refractivity contribution in [2.24, 2.45) is 5.92 Å². The average molecular weight is 435 g/mol. The van der Waals surface area contributed by atoms with Crippen LogP contribution >= 0.6 is 0 Å². The van der Waals surface area contributed by atoms with Crippen molar-refractivity contribution in [2.45, 2.75) is 52.4 Å². The van der Waals surface area contributed by atoms with Gasteiger partial charge in [0.25, 0.3) is 0 Å². The molecule has 5 heteroatoms. The summed E-state index contributed by atoms with van der Waals surface area (Å²) >= 11 is -0.0871. The predicted molar refractivity (Wildman–Crippen MR) is 109 cm³/mol. The van der Waals surface area contributed by atoms with Crippen LogP contribution in [0.1, 0.15) is 58.1 Å². The molecule has 2 unspecified atom stereocenters. The first-order valence-corrected chi connectivity index (χ1v) is 10.8. The van der Waals surface area contributed by atoms with E-state index in [1.807, 2.05) is 0 Å². The third kappa shape index (κ3) is 5.39. The van der Waals surface area contributed by atoms with E-state index >= 15 is 0 Å². The van der Waals surface area contributed by atoms with Gasteiger partial charge in [-0.2, -0.15) is 0 Å². The minimum atomic E-state index is -0.969. The van der Waals surface area contributed by atoms with Gasteiger partial charge in [-0.05, 0) is 0 Å². The quantitative estimate of drug-likeness (QED) is 0.333. The third-order valence-electron chi connectivity index (χ3n) is 5.08. The van der Waals surface area contributed by atoms with Crippen molar-refractivity contribution >= 4 is 25.4 Å². The Morgan fingerprint density at radius 3 is 2.74 bits per heavy atom. The number of fused-ring (bicyclic) bond motifs is 1. The summed E-state index contributed by atoms with van der Waals surface area (Å²) in [5.41, 5.74) is 3.25. The zero-order valence-corrected chi connectivity index (χ0v) is 18.6. The van der Waals surface area contributed by atoms with Gasteiger partial charge in [0.05, 0.1) is 0 Å². The van der Waals surface area contributed by atoms with Gasteiger partial charge >= 0.3 is 168 Å². The van der Waals surface area contributed by atoms with Crippen molar-refractivity contribution in [1.29, 1.82) is 0 Å². The van der Waals surface area contributed by atoms with Crippen molar-refractivity contribution in [1.82, 2.24) is 0 Å². The predicted octanol–water partition coefficient (Wildman–Crippen LogP) is 3.41. The number of hydrogen-bond donors (Lipinski definition) is 1. The molecule has 2 atom stereocenters. The Labute approximate surface area is 168 Å². The molecule has 1 aliphatic rings. The molecule has 0 spiro atoms. The van der Waals surface area contributed by atoms with E-state index in [1.54, 1.807) is 14.0 Å². The number of rotatable bonds is 5. The van der Waals surface area contributed by atoms with Gasteiger partial charge in [0.15, 0.2) is 0 Å². The zero-order chi connectivity index (χ0) is 20.2. The third-order valence-corrected chi connectivity index (χ3v) is 6.49. The molecule has 0 aromatic heterocycles.